The van der Waals surface area contributed by atoms with E-state index in [2.05, 4.69) is 0 Å². The Kier molecular flexibility index (Phi) is 4.38. The van der Waals surface area contributed by atoms with Crippen molar-refractivity contribution in [2.75, 3.05) is 13.1 Å². The van der Waals surface area contributed by atoms with Crippen LogP contribution in [0, 0.1) is 0 Å². The number of likely N-dealkylation sites (tertiary alicyclic amines) is 1. The summed E-state index contributed by atoms with van der Waals surface area (Å²) in [5.74, 6) is -0.682. The van der Waals surface area contributed by atoms with Crippen LogP contribution in [-0.4, -0.2) is 45.1 Å². The molecule has 2 aromatic rings. The van der Waals surface area contributed by atoms with Crippen molar-refractivity contribution in [1.29, 1.82) is 0 Å². The van der Waals surface area contributed by atoms with Crippen molar-refractivity contribution in [3.05, 3.63) is 48.0 Å². The maximum atomic E-state index is 12.0. The van der Waals surface area contributed by atoms with Gasteiger partial charge in [0, 0.05) is 18.7 Å². The summed E-state index contributed by atoms with van der Waals surface area (Å²) in [6.45, 7) is 1.41. The Bertz CT molecular complexity index is 651. The van der Waals surface area contributed by atoms with Gasteiger partial charge in [0.05, 0.1) is 19.3 Å². The Hall–Kier alpha value is -2.67. The SMILES string of the molecule is O=C(On1c(O)ccc1O)N1CCC(OCc2ccccc2)C1. The highest BCUT2D eigenvalue weighted by atomic mass is 16.7. The highest BCUT2D eigenvalue weighted by Crippen LogP contribution is 2.20. The molecule has 1 unspecified atom stereocenters. The zero-order valence-corrected chi connectivity index (χ0v) is 12.5. The van der Waals surface area contributed by atoms with Gasteiger partial charge in [0.1, 0.15) is 0 Å². The Morgan fingerprint density at radius 1 is 1.13 bits per heavy atom. The monoisotopic (exact) mass is 318 g/mol. The van der Waals surface area contributed by atoms with Gasteiger partial charge in [-0.25, -0.2) is 4.79 Å². The Morgan fingerprint density at radius 2 is 1.83 bits per heavy atom. The van der Waals surface area contributed by atoms with Crippen LogP contribution in [0.2, 0.25) is 0 Å². The lowest BCUT2D eigenvalue weighted by Gasteiger charge is -2.17. The lowest BCUT2D eigenvalue weighted by atomic mass is 10.2. The Balaban J connectivity index is 1.50. The number of aromatic nitrogens is 1. The average molecular weight is 318 g/mol. The number of benzene rings is 1. The Morgan fingerprint density at radius 3 is 2.52 bits per heavy atom. The van der Waals surface area contributed by atoms with Crippen molar-refractivity contribution >= 4 is 6.09 Å². The van der Waals surface area contributed by atoms with Crippen LogP contribution in [0.15, 0.2) is 42.5 Å². The first-order valence-corrected chi connectivity index (χ1v) is 7.36. The fourth-order valence-electron chi connectivity index (χ4n) is 2.45. The third-order valence-corrected chi connectivity index (χ3v) is 3.70. The molecule has 1 aromatic carbocycles. The van der Waals surface area contributed by atoms with Crippen molar-refractivity contribution in [3.8, 4) is 11.8 Å². The predicted molar refractivity (Wildman–Crippen MR) is 80.9 cm³/mol. The van der Waals surface area contributed by atoms with Crippen LogP contribution in [0.3, 0.4) is 0 Å². The molecule has 0 spiro atoms. The molecular weight excluding hydrogens is 300 g/mol. The fraction of sp³-hybridized carbons (Fsp3) is 0.312. The van der Waals surface area contributed by atoms with Gasteiger partial charge in [-0.2, -0.15) is 0 Å². The van der Waals surface area contributed by atoms with Crippen LogP contribution in [0.1, 0.15) is 12.0 Å². The number of ether oxygens (including phenoxy) is 1. The van der Waals surface area contributed by atoms with E-state index in [1.165, 1.54) is 17.0 Å². The molecule has 122 valence electrons. The van der Waals surface area contributed by atoms with Gasteiger partial charge in [0.2, 0.25) is 11.8 Å². The van der Waals surface area contributed by atoms with Gasteiger partial charge in [-0.05, 0) is 12.0 Å². The fourth-order valence-corrected chi connectivity index (χ4v) is 2.45. The molecule has 0 saturated carbocycles. The molecule has 0 bridgehead atoms. The van der Waals surface area contributed by atoms with Crippen molar-refractivity contribution in [3.63, 3.8) is 0 Å². The van der Waals surface area contributed by atoms with Crippen molar-refractivity contribution in [2.24, 2.45) is 0 Å². The standard InChI is InChI=1S/C16H18N2O5/c19-14-6-7-15(20)18(14)23-16(21)17-9-8-13(10-17)22-11-12-4-2-1-3-5-12/h1-7,13,19-20H,8-11H2. The molecule has 1 aromatic heterocycles. The molecule has 0 aliphatic carbocycles. The summed E-state index contributed by atoms with van der Waals surface area (Å²) in [6, 6.07) is 12.3. The first-order chi connectivity index (χ1) is 11.1. The molecular formula is C16H18N2O5. The number of hydrogen-bond donors (Lipinski definition) is 2. The first-order valence-electron chi connectivity index (χ1n) is 7.36. The third kappa shape index (κ3) is 3.57. The quantitative estimate of drug-likeness (QED) is 0.897. The zero-order valence-electron chi connectivity index (χ0n) is 12.5. The maximum absolute atomic E-state index is 12.0. The molecule has 1 amide bonds. The van der Waals surface area contributed by atoms with Gasteiger partial charge in [-0.15, -0.1) is 4.73 Å². The molecule has 7 nitrogen and oxygen atoms in total. The second-order valence-corrected chi connectivity index (χ2v) is 5.35. The highest BCUT2D eigenvalue weighted by molar-refractivity contribution is 5.68. The second kappa shape index (κ2) is 6.62. The normalized spacial score (nSPS) is 17.4. The molecule has 3 rings (SSSR count). The van der Waals surface area contributed by atoms with Gasteiger partial charge in [-0.3, -0.25) is 0 Å². The van der Waals surface area contributed by atoms with Gasteiger partial charge < -0.3 is 24.7 Å². The summed E-state index contributed by atoms with van der Waals surface area (Å²) in [5, 5.41) is 18.9. The summed E-state index contributed by atoms with van der Waals surface area (Å²) in [5.41, 5.74) is 1.08. The van der Waals surface area contributed by atoms with Gasteiger partial charge >= 0.3 is 6.09 Å². The first kappa shape index (κ1) is 15.2. The Labute approximate surface area is 133 Å². The molecule has 1 aliphatic rings. The third-order valence-electron chi connectivity index (χ3n) is 3.70. The number of nitrogens with zero attached hydrogens (tertiary/aromatic N) is 2. The summed E-state index contributed by atoms with van der Waals surface area (Å²) < 4.78 is 6.48. The van der Waals surface area contributed by atoms with Crippen molar-refractivity contribution in [2.45, 2.75) is 19.1 Å². The van der Waals surface area contributed by atoms with Gasteiger partial charge in [0.25, 0.3) is 0 Å². The van der Waals surface area contributed by atoms with Crippen LogP contribution < -0.4 is 4.84 Å². The van der Waals surface area contributed by atoms with Crippen LogP contribution >= 0.6 is 0 Å². The van der Waals surface area contributed by atoms with E-state index in [0.29, 0.717) is 30.8 Å². The van der Waals surface area contributed by atoms with Gasteiger partial charge in [-0.1, -0.05) is 30.3 Å². The molecule has 1 saturated heterocycles. The molecule has 23 heavy (non-hydrogen) atoms. The van der Waals surface area contributed by atoms with Crippen LogP contribution in [-0.2, 0) is 11.3 Å². The topological polar surface area (TPSA) is 84.2 Å². The molecule has 1 aliphatic heterocycles. The molecule has 7 heteroatoms. The van der Waals surface area contributed by atoms with Crippen LogP contribution in [0.4, 0.5) is 4.79 Å². The molecule has 0 radical (unpaired) electrons. The van der Waals surface area contributed by atoms with Crippen molar-refractivity contribution < 1.29 is 24.6 Å². The van der Waals surface area contributed by atoms with Crippen LogP contribution in [0.5, 0.6) is 11.8 Å². The molecule has 1 atom stereocenters. The number of rotatable bonds is 4. The van der Waals surface area contributed by atoms with Crippen LogP contribution in [0.25, 0.3) is 0 Å². The van der Waals surface area contributed by atoms with E-state index in [4.69, 9.17) is 9.57 Å². The van der Waals surface area contributed by atoms with E-state index in [9.17, 15) is 15.0 Å². The van der Waals surface area contributed by atoms with Crippen molar-refractivity contribution in [1.82, 2.24) is 9.63 Å². The molecule has 1 fully saturated rings. The largest absolute Gasteiger partial charge is 0.492 e. The molecule has 2 N–H and O–H groups in total. The minimum absolute atomic E-state index is 0.0605. The highest BCUT2D eigenvalue weighted by Gasteiger charge is 2.29. The number of carbonyl (C=O) groups excluding carboxylic acids is 1. The van der Waals surface area contributed by atoms with E-state index in [1.54, 1.807) is 0 Å². The number of hydrogen-bond acceptors (Lipinski definition) is 5. The smallest absolute Gasteiger partial charge is 0.434 e. The van der Waals surface area contributed by atoms with E-state index in [0.717, 1.165) is 5.56 Å². The summed E-state index contributed by atoms with van der Waals surface area (Å²) >= 11 is 0. The number of aromatic hydroxyl groups is 2. The maximum Gasteiger partial charge on any atom is 0.434 e. The zero-order chi connectivity index (χ0) is 16.2. The van der Waals surface area contributed by atoms with E-state index in [-0.39, 0.29) is 17.9 Å². The number of carbonyl (C=O) groups is 1. The summed E-state index contributed by atoms with van der Waals surface area (Å²) in [7, 11) is 0. The lowest BCUT2D eigenvalue weighted by Crippen LogP contribution is -2.36. The van der Waals surface area contributed by atoms with E-state index >= 15 is 0 Å². The molecule has 2 heterocycles. The van der Waals surface area contributed by atoms with Gasteiger partial charge in [0.15, 0.2) is 0 Å². The van der Waals surface area contributed by atoms with E-state index < -0.39 is 6.09 Å². The minimum Gasteiger partial charge on any atom is -0.492 e. The average Bonchev–Trinajstić information content (AvgIpc) is 3.16. The van der Waals surface area contributed by atoms with E-state index in [1.807, 2.05) is 30.3 Å². The summed E-state index contributed by atoms with van der Waals surface area (Å²) in [4.78, 5) is 18.5. The second-order valence-electron chi connectivity index (χ2n) is 5.35. The predicted octanol–water partition coefficient (Wildman–Crippen LogP) is 1.74. The lowest BCUT2D eigenvalue weighted by molar-refractivity contribution is 0.0407. The number of amides is 1. The minimum atomic E-state index is -0.641. The summed E-state index contributed by atoms with van der Waals surface area (Å²) in [6.07, 6.45) is 0.0122.